The molecule has 16 heavy (non-hydrogen) atoms. The third-order valence-electron chi connectivity index (χ3n) is 2.09. The van der Waals surface area contributed by atoms with E-state index < -0.39 is 24.4 Å². The molecule has 0 aliphatic carbocycles. The average molecular weight is 225 g/mol. The lowest BCUT2D eigenvalue weighted by molar-refractivity contribution is -0.136. The maximum Gasteiger partial charge on any atom is 0.307 e. The zero-order valence-electron chi connectivity index (χ0n) is 8.50. The molecule has 1 aromatic carbocycles. The van der Waals surface area contributed by atoms with Crippen molar-refractivity contribution in [3.63, 3.8) is 0 Å². The van der Waals surface area contributed by atoms with E-state index in [4.69, 9.17) is 10.4 Å². The smallest absolute Gasteiger partial charge is 0.307 e. The number of carboxylic acid groups (broad SMARTS) is 1. The highest BCUT2D eigenvalue weighted by molar-refractivity contribution is 5.71. The molecule has 0 unspecified atom stereocenters. The van der Waals surface area contributed by atoms with Crippen LogP contribution in [-0.4, -0.2) is 11.1 Å². The van der Waals surface area contributed by atoms with Crippen LogP contribution in [0, 0.1) is 18.3 Å². The average Bonchev–Trinajstić information content (AvgIpc) is 2.14. The minimum absolute atomic E-state index is 0.000880. The Morgan fingerprint density at radius 2 is 2.19 bits per heavy atom. The van der Waals surface area contributed by atoms with E-state index in [1.807, 2.05) is 0 Å². The van der Waals surface area contributed by atoms with Crippen molar-refractivity contribution in [2.45, 2.75) is 19.8 Å². The number of rotatable bonds is 3. The zero-order valence-corrected chi connectivity index (χ0v) is 8.50. The summed E-state index contributed by atoms with van der Waals surface area (Å²) in [5.74, 6) is -1.20. The molecule has 0 radical (unpaired) electrons. The number of nitrogens with zero attached hydrogens (tertiary/aromatic N) is 1. The summed E-state index contributed by atoms with van der Waals surface area (Å²) in [5.41, 5.74) is -0.0435. The van der Waals surface area contributed by atoms with Crippen molar-refractivity contribution in [2.24, 2.45) is 0 Å². The van der Waals surface area contributed by atoms with Crippen molar-refractivity contribution in [1.82, 2.24) is 0 Å². The van der Waals surface area contributed by atoms with Crippen LogP contribution in [-0.2, 0) is 11.2 Å². The van der Waals surface area contributed by atoms with Crippen LogP contribution in [0.15, 0.2) is 12.1 Å². The van der Waals surface area contributed by atoms with Gasteiger partial charge in [0.25, 0.3) is 6.43 Å². The minimum atomic E-state index is -2.84. The summed E-state index contributed by atoms with van der Waals surface area (Å²) in [7, 11) is 0. The Hall–Kier alpha value is -1.96. The number of nitriles is 1. The topological polar surface area (TPSA) is 61.1 Å². The molecule has 84 valence electrons. The van der Waals surface area contributed by atoms with Gasteiger partial charge in [0.15, 0.2) is 0 Å². The minimum Gasteiger partial charge on any atom is -0.481 e. The molecular weight excluding hydrogens is 216 g/mol. The molecule has 0 saturated heterocycles. The van der Waals surface area contributed by atoms with Gasteiger partial charge in [0.1, 0.15) is 0 Å². The normalized spacial score (nSPS) is 10.2. The zero-order chi connectivity index (χ0) is 12.3. The van der Waals surface area contributed by atoms with E-state index in [1.165, 1.54) is 12.1 Å². The molecule has 0 aliphatic rings. The Labute approximate surface area is 90.9 Å². The van der Waals surface area contributed by atoms with Gasteiger partial charge < -0.3 is 5.11 Å². The molecule has 1 rings (SSSR count). The first kappa shape index (κ1) is 12.1. The van der Waals surface area contributed by atoms with Crippen molar-refractivity contribution in [1.29, 1.82) is 5.26 Å². The largest absolute Gasteiger partial charge is 0.481 e. The molecule has 0 bridgehead atoms. The van der Waals surface area contributed by atoms with Crippen molar-refractivity contribution in [3.8, 4) is 6.07 Å². The molecule has 0 fully saturated rings. The Bertz CT molecular complexity index is 464. The number of halogens is 2. The Morgan fingerprint density at radius 1 is 1.56 bits per heavy atom. The van der Waals surface area contributed by atoms with E-state index in [1.54, 1.807) is 13.0 Å². The summed E-state index contributed by atoms with van der Waals surface area (Å²) >= 11 is 0. The van der Waals surface area contributed by atoms with Crippen molar-refractivity contribution < 1.29 is 18.7 Å². The summed E-state index contributed by atoms with van der Waals surface area (Å²) in [5, 5.41) is 17.3. The lowest BCUT2D eigenvalue weighted by atomic mass is 9.97. The molecule has 0 spiro atoms. The number of aliphatic carboxylic acids is 1. The van der Waals surface area contributed by atoms with Crippen molar-refractivity contribution in [3.05, 3.63) is 34.4 Å². The van der Waals surface area contributed by atoms with Gasteiger partial charge in [-0.2, -0.15) is 5.26 Å². The molecule has 0 aliphatic heterocycles. The first-order chi connectivity index (χ1) is 7.45. The third-order valence-corrected chi connectivity index (χ3v) is 2.09. The maximum atomic E-state index is 12.7. The summed E-state index contributed by atoms with van der Waals surface area (Å²) in [6, 6.07) is 4.36. The highest BCUT2D eigenvalue weighted by Gasteiger charge is 2.19. The molecule has 0 aromatic heterocycles. The predicted octanol–water partition coefficient (Wildman–Crippen LogP) is 2.43. The van der Waals surface area contributed by atoms with Crippen LogP contribution >= 0.6 is 0 Å². The number of carboxylic acids is 1. The van der Waals surface area contributed by atoms with Crippen LogP contribution in [0.25, 0.3) is 0 Å². The van der Waals surface area contributed by atoms with Gasteiger partial charge in [-0.1, -0.05) is 6.07 Å². The lowest BCUT2D eigenvalue weighted by Crippen LogP contribution is -2.06. The van der Waals surface area contributed by atoms with E-state index in [2.05, 4.69) is 0 Å². The molecule has 0 atom stereocenters. The lowest BCUT2D eigenvalue weighted by Gasteiger charge is -2.10. The Kier molecular flexibility index (Phi) is 3.56. The van der Waals surface area contributed by atoms with Crippen LogP contribution in [0.2, 0.25) is 0 Å². The number of hydrogen-bond acceptors (Lipinski definition) is 2. The second-order valence-corrected chi connectivity index (χ2v) is 3.37. The van der Waals surface area contributed by atoms with Gasteiger partial charge >= 0.3 is 5.97 Å². The van der Waals surface area contributed by atoms with E-state index in [0.29, 0.717) is 5.56 Å². The monoisotopic (exact) mass is 225 g/mol. The molecule has 5 heteroatoms. The van der Waals surface area contributed by atoms with E-state index >= 15 is 0 Å². The number of alkyl halides is 2. The molecule has 1 N–H and O–H groups in total. The first-order valence-electron chi connectivity index (χ1n) is 4.49. The quantitative estimate of drug-likeness (QED) is 0.859. The van der Waals surface area contributed by atoms with Crippen LogP contribution < -0.4 is 0 Å². The number of hydrogen-bond donors (Lipinski definition) is 1. The van der Waals surface area contributed by atoms with Gasteiger partial charge in [-0.3, -0.25) is 4.79 Å². The van der Waals surface area contributed by atoms with E-state index in [0.717, 1.165) is 0 Å². The summed E-state index contributed by atoms with van der Waals surface area (Å²) in [6.45, 7) is 1.63. The van der Waals surface area contributed by atoms with Gasteiger partial charge in [0, 0.05) is 5.56 Å². The second-order valence-electron chi connectivity index (χ2n) is 3.37. The van der Waals surface area contributed by atoms with Crippen molar-refractivity contribution in [2.75, 3.05) is 0 Å². The fourth-order valence-electron chi connectivity index (χ4n) is 1.53. The van der Waals surface area contributed by atoms with Gasteiger partial charge in [0.05, 0.1) is 18.1 Å². The van der Waals surface area contributed by atoms with E-state index in [-0.39, 0.29) is 11.1 Å². The molecule has 3 nitrogen and oxygen atoms in total. The number of benzene rings is 1. The number of carbonyl (C=O) groups is 1. The van der Waals surface area contributed by atoms with Crippen LogP contribution in [0.3, 0.4) is 0 Å². The fourth-order valence-corrected chi connectivity index (χ4v) is 1.53. The molecule has 0 heterocycles. The SMILES string of the molecule is Cc1cc(C#N)c(C(F)F)c(CC(=O)O)c1. The van der Waals surface area contributed by atoms with Crippen LogP contribution in [0.1, 0.15) is 28.7 Å². The standard InChI is InChI=1S/C11H9F2NO2/c1-6-2-7(4-9(15)16)10(11(12)13)8(3-6)5-14/h2-3,11H,4H2,1H3,(H,15,16). The number of aryl methyl sites for hydroxylation is 1. The molecule has 0 amide bonds. The van der Waals surface area contributed by atoms with Gasteiger partial charge in [-0.15, -0.1) is 0 Å². The highest BCUT2D eigenvalue weighted by Crippen LogP contribution is 2.28. The van der Waals surface area contributed by atoms with Gasteiger partial charge in [0.2, 0.25) is 0 Å². The van der Waals surface area contributed by atoms with E-state index in [9.17, 15) is 13.6 Å². The van der Waals surface area contributed by atoms with Crippen LogP contribution in [0.5, 0.6) is 0 Å². The molecule has 0 saturated carbocycles. The summed E-state index contributed by atoms with van der Waals surface area (Å²) < 4.78 is 25.4. The fraction of sp³-hybridized carbons (Fsp3) is 0.273. The summed E-state index contributed by atoms with van der Waals surface area (Å²) in [4.78, 5) is 10.5. The second kappa shape index (κ2) is 4.71. The Balaban J connectivity index is 3.39. The van der Waals surface area contributed by atoms with Crippen LogP contribution in [0.4, 0.5) is 8.78 Å². The predicted molar refractivity (Wildman–Crippen MR) is 52.2 cm³/mol. The molecular formula is C11H9F2NO2. The summed E-state index contributed by atoms with van der Waals surface area (Å²) in [6.07, 6.45) is -3.35. The van der Waals surface area contributed by atoms with Gasteiger partial charge in [-0.05, 0) is 24.1 Å². The third kappa shape index (κ3) is 2.54. The van der Waals surface area contributed by atoms with Crippen molar-refractivity contribution >= 4 is 5.97 Å². The maximum absolute atomic E-state index is 12.7. The Morgan fingerprint density at radius 3 is 2.62 bits per heavy atom. The molecule has 1 aromatic rings. The first-order valence-corrected chi connectivity index (χ1v) is 4.49. The van der Waals surface area contributed by atoms with Gasteiger partial charge in [-0.25, -0.2) is 8.78 Å². The highest BCUT2D eigenvalue weighted by atomic mass is 19.3.